The van der Waals surface area contributed by atoms with Gasteiger partial charge < -0.3 is 16.0 Å². The van der Waals surface area contributed by atoms with E-state index in [4.69, 9.17) is 5.73 Å². The van der Waals surface area contributed by atoms with Crippen LogP contribution in [0.5, 0.6) is 0 Å². The molecule has 5 heteroatoms. The zero-order chi connectivity index (χ0) is 9.84. The van der Waals surface area contributed by atoms with Crippen molar-refractivity contribution in [1.82, 2.24) is 9.97 Å². The zero-order valence-electron chi connectivity index (χ0n) is 7.78. The summed E-state index contributed by atoms with van der Waals surface area (Å²) >= 11 is 0. The highest BCUT2D eigenvalue weighted by atomic mass is 15.2. The van der Waals surface area contributed by atoms with E-state index in [1.54, 1.807) is 0 Å². The van der Waals surface area contributed by atoms with Crippen LogP contribution in [0.1, 0.15) is 0 Å². The lowest BCUT2D eigenvalue weighted by Gasteiger charge is -2.14. The molecular formula is C8H13N5. The minimum Gasteiger partial charge on any atom is -0.393 e. The van der Waals surface area contributed by atoms with Gasteiger partial charge in [-0.15, -0.1) is 0 Å². The molecule has 0 bridgehead atoms. The third-order valence-electron chi connectivity index (χ3n) is 1.53. The van der Waals surface area contributed by atoms with Crippen molar-refractivity contribution in [2.75, 3.05) is 30.0 Å². The number of nitrogens with one attached hydrogen (secondary N) is 1. The Bertz CT molecular complexity index is 307. The van der Waals surface area contributed by atoms with Crippen LogP contribution in [-0.2, 0) is 0 Å². The third-order valence-corrected chi connectivity index (χ3v) is 1.53. The van der Waals surface area contributed by atoms with Crippen molar-refractivity contribution in [1.29, 1.82) is 0 Å². The van der Waals surface area contributed by atoms with E-state index in [1.165, 1.54) is 12.5 Å². The van der Waals surface area contributed by atoms with E-state index in [1.807, 2.05) is 19.0 Å². The third kappa shape index (κ3) is 1.87. The van der Waals surface area contributed by atoms with Crippen LogP contribution in [0.25, 0.3) is 0 Å². The standard InChI is InChI=1S/C8H13N5/c1-4-10-7-6(9)8(13(2)3)12-5-11-7/h4-5H,1,9H2,2-3H3,(H,10,11,12). The number of nitrogens with zero attached hydrogens (tertiary/aromatic N) is 3. The zero-order valence-corrected chi connectivity index (χ0v) is 7.78. The average molecular weight is 179 g/mol. The van der Waals surface area contributed by atoms with E-state index in [2.05, 4.69) is 21.9 Å². The first-order valence-electron chi connectivity index (χ1n) is 3.82. The second-order valence-corrected chi connectivity index (χ2v) is 2.70. The summed E-state index contributed by atoms with van der Waals surface area (Å²) in [6, 6.07) is 0. The van der Waals surface area contributed by atoms with Gasteiger partial charge in [-0.1, -0.05) is 6.58 Å². The minimum absolute atomic E-state index is 0.521. The molecule has 5 nitrogen and oxygen atoms in total. The van der Waals surface area contributed by atoms with Gasteiger partial charge in [-0.3, -0.25) is 0 Å². The number of nitrogens with two attached hydrogens (primary N) is 1. The predicted octanol–water partition coefficient (Wildman–Crippen LogP) is 0.680. The number of hydrogen-bond donors (Lipinski definition) is 2. The Morgan fingerprint density at radius 2 is 2.23 bits per heavy atom. The molecular weight excluding hydrogens is 166 g/mol. The number of hydrogen-bond acceptors (Lipinski definition) is 5. The molecule has 1 aromatic rings. The van der Waals surface area contributed by atoms with Gasteiger partial charge in [0.1, 0.15) is 12.0 Å². The molecule has 0 saturated carbocycles. The van der Waals surface area contributed by atoms with Crippen LogP contribution >= 0.6 is 0 Å². The Hall–Kier alpha value is -1.78. The molecule has 13 heavy (non-hydrogen) atoms. The molecule has 0 aliphatic heterocycles. The monoisotopic (exact) mass is 179 g/mol. The fraction of sp³-hybridized carbons (Fsp3) is 0.250. The van der Waals surface area contributed by atoms with E-state index in [-0.39, 0.29) is 0 Å². The summed E-state index contributed by atoms with van der Waals surface area (Å²) < 4.78 is 0. The van der Waals surface area contributed by atoms with Crippen molar-refractivity contribution in [3.05, 3.63) is 19.1 Å². The predicted molar refractivity (Wildman–Crippen MR) is 54.6 cm³/mol. The Morgan fingerprint density at radius 3 is 2.77 bits per heavy atom. The van der Waals surface area contributed by atoms with Gasteiger partial charge >= 0.3 is 0 Å². The Balaban J connectivity index is 3.10. The molecule has 0 spiro atoms. The smallest absolute Gasteiger partial charge is 0.158 e. The second kappa shape index (κ2) is 3.75. The van der Waals surface area contributed by atoms with Gasteiger partial charge in [0.05, 0.1) is 0 Å². The van der Waals surface area contributed by atoms with E-state index in [0.29, 0.717) is 17.3 Å². The average Bonchev–Trinajstić information content (AvgIpc) is 2.08. The van der Waals surface area contributed by atoms with Crippen molar-refractivity contribution < 1.29 is 0 Å². The van der Waals surface area contributed by atoms with Crippen LogP contribution in [0, 0.1) is 0 Å². The van der Waals surface area contributed by atoms with Crippen LogP contribution in [0.15, 0.2) is 19.1 Å². The maximum Gasteiger partial charge on any atom is 0.158 e. The molecule has 0 atom stereocenters. The van der Waals surface area contributed by atoms with E-state index < -0.39 is 0 Å². The largest absolute Gasteiger partial charge is 0.393 e. The van der Waals surface area contributed by atoms with E-state index >= 15 is 0 Å². The maximum atomic E-state index is 5.79. The fourth-order valence-corrected chi connectivity index (χ4v) is 0.954. The normalized spacial score (nSPS) is 9.38. The molecule has 0 radical (unpaired) electrons. The van der Waals surface area contributed by atoms with Crippen LogP contribution in [0.3, 0.4) is 0 Å². The van der Waals surface area contributed by atoms with Gasteiger partial charge in [0.15, 0.2) is 11.6 Å². The van der Waals surface area contributed by atoms with Crippen LogP contribution in [0.2, 0.25) is 0 Å². The molecule has 0 unspecified atom stereocenters. The number of anilines is 3. The maximum absolute atomic E-state index is 5.79. The summed E-state index contributed by atoms with van der Waals surface area (Å²) in [5, 5.41) is 2.83. The molecule has 3 N–H and O–H groups in total. The summed E-state index contributed by atoms with van der Waals surface area (Å²) in [6.07, 6.45) is 2.98. The summed E-state index contributed by atoms with van der Waals surface area (Å²) in [7, 11) is 3.74. The van der Waals surface area contributed by atoms with Crippen molar-refractivity contribution in [3.63, 3.8) is 0 Å². The summed E-state index contributed by atoms with van der Waals surface area (Å²) in [6.45, 7) is 3.53. The summed E-state index contributed by atoms with van der Waals surface area (Å²) in [4.78, 5) is 9.83. The lowest BCUT2D eigenvalue weighted by atomic mass is 10.4. The number of rotatable bonds is 3. The van der Waals surface area contributed by atoms with Crippen LogP contribution < -0.4 is 16.0 Å². The van der Waals surface area contributed by atoms with Crippen molar-refractivity contribution >= 4 is 17.3 Å². The van der Waals surface area contributed by atoms with Crippen LogP contribution in [-0.4, -0.2) is 24.1 Å². The van der Waals surface area contributed by atoms with E-state index in [0.717, 1.165) is 0 Å². The molecule has 0 aliphatic carbocycles. The highest BCUT2D eigenvalue weighted by molar-refractivity contribution is 5.74. The molecule has 0 amide bonds. The topological polar surface area (TPSA) is 67.1 Å². The number of nitrogen functional groups attached to an aromatic ring is 1. The lowest BCUT2D eigenvalue weighted by molar-refractivity contribution is 1.04. The molecule has 1 aromatic heterocycles. The molecule has 0 fully saturated rings. The first-order valence-corrected chi connectivity index (χ1v) is 3.82. The van der Waals surface area contributed by atoms with Gasteiger partial charge in [0.25, 0.3) is 0 Å². The van der Waals surface area contributed by atoms with Crippen molar-refractivity contribution in [2.24, 2.45) is 0 Å². The van der Waals surface area contributed by atoms with Crippen molar-refractivity contribution in [2.45, 2.75) is 0 Å². The summed E-state index contributed by atoms with van der Waals surface area (Å²) in [5.41, 5.74) is 6.31. The van der Waals surface area contributed by atoms with Crippen LogP contribution in [0.4, 0.5) is 17.3 Å². The van der Waals surface area contributed by atoms with Gasteiger partial charge in [-0.05, 0) is 6.20 Å². The Kier molecular flexibility index (Phi) is 2.69. The van der Waals surface area contributed by atoms with E-state index in [9.17, 15) is 0 Å². The molecule has 70 valence electrons. The molecule has 0 saturated heterocycles. The van der Waals surface area contributed by atoms with Crippen molar-refractivity contribution in [3.8, 4) is 0 Å². The first kappa shape index (κ1) is 9.31. The Labute approximate surface area is 77.3 Å². The SMILES string of the molecule is C=CNc1ncnc(N(C)C)c1N. The molecule has 0 aromatic carbocycles. The van der Waals surface area contributed by atoms with Gasteiger partial charge in [0.2, 0.25) is 0 Å². The Morgan fingerprint density at radius 1 is 1.54 bits per heavy atom. The summed E-state index contributed by atoms with van der Waals surface area (Å²) in [5.74, 6) is 1.27. The molecule has 0 aliphatic rings. The first-order chi connectivity index (χ1) is 6.16. The van der Waals surface area contributed by atoms with Gasteiger partial charge in [0, 0.05) is 14.1 Å². The van der Waals surface area contributed by atoms with Gasteiger partial charge in [-0.25, -0.2) is 9.97 Å². The lowest BCUT2D eigenvalue weighted by Crippen LogP contribution is -2.14. The second-order valence-electron chi connectivity index (χ2n) is 2.70. The highest BCUT2D eigenvalue weighted by Crippen LogP contribution is 2.23. The van der Waals surface area contributed by atoms with Gasteiger partial charge in [-0.2, -0.15) is 0 Å². The highest BCUT2D eigenvalue weighted by Gasteiger charge is 2.07. The number of aromatic nitrogens is 2. The quantitative estimate of drug-likeness (QED) is 0.714. The molecule has 1 rings (SSSR count). The minimum atomic E-state index is 0.521. The molecule has 1 heterocycles. The fourth-order valence-electron chi connectivity index (χ4n) is 0.954.